The minimum atomic E-state index is 0.568. The summed E-state index contributed by atoms with van der Waals surface area (Å²) in [6.45, 7) is 6.09. The molecule has 0 aliphatic heterocycles. The maximum atomic E-state index is 6.55. The topological polar surface area (TPSA) is 43.2 Å². The zero-order valence-electron chi connectivity index (χ0n) is 30.7. The van der Waals surface area contributed by atoms with Crippen LogP contribution in [-0.2, 0) is 0 Å². The van der Waals surface area contributed by atoms with Crippen LogP contribution in [0.1, 0.15) is 153 Å². The van der Waals surface area contributed by atoms with Gasteiger partial charge in [0.2, 0.25) is 0 Å². The summed E-state index contributed by atoms with van der Waals surface area (Å²) in [5.74, 6) is 1.81. The summed E-state index contributed by atoms with van der Waals surface area (Å²) in [5, 5.41) is 0.568. The number of aliphatic imine (C=N–C) groups is 2. The molecule has 0 fully saturated rings. The summed E-state index contributed by atoms with van der Waals surface area (Å²) in [5.41, 5.74) is 3.51. The first-order chi connectivity index (χ1) is 24.2. The van der Waals surface area contributed by atoms with E-state index in [1.165, 1.54) is 116 Å². The highest BCUT2D eigenvalue weighted by molar-refractivity contribution is 6.33. The van der Waals surface area contributed by atoms with Crippen molar-refractivity contribution in [3.63, 3.8) is 0 Å². The van der Waals surface area contributed by atoms with Crippen LogP contribution in [0.15, 0.2) is 76.7 Å². The highest BCUT2D eigenvalue weighted by Crippen LogP contribution is 2.29. The summed E-state index contributed by atoms with van der Waals surface area (Å²) in [6.07, 6.45) is 30.3. The van der Waals surface area contributed by atoms with Crippen LogP contribution < -0.4 is 9.47 Å². The smallest absolute Gasteiger partial charge is 0.119 e. The van der Waals surface area contributed by atoms with Crippen LogP contribution in [0, 0.1) is 0 Å². The lowest BCUT2D eigenvalue weighted by Gasteiger charge is -2.07. The quantitative estimate of drug-likeness (QED) is 0.0563. The van der Waals surface area contributed by atoms with Gasteiger partial charge in [0.25, 0.3) is 0 Å². The maximum absolute atomic E-state index is 6.55. The molecule has 0 atom stereocenters. The summed E-state index contributed by atoms with van der Waals surface area (Å²) in [7, 11) is 0. The molecule has 0 saturated carbocycles. The van der Waals surface area contributed by atoms with Gasteiger partial charge in [-0.2, -0.15) is 0 Å². The molecule has 0 aromatic heterocycles. The fourth-order valence-electron chi connectivity index (χ4n) is 5.83. The van der Waals surface area contributed by atoms with Gasteiger partial charge in [-0.1, -0.05) is 141 Å². The van der Waals surface area contributed by atoms with E-state index in [-0.39, 0.29) is 0 Å². The minimum absolute atomic E-state index is 0.568. The predicted molar refractivity (Wildman–Crippen MR) is 214 cm³/mol. The molecule has 0 aliphatic carbocycles. The first-order valence-electron chi connectivity index (χ1n) is 19.5. The van der Waals surface area contributed by atoms with E-state index >= 15 is 0 Å². The zero-order valence-corrected chi connectivity index (χ0v) is 31.4. The lowest BCUT2D eigenvalue weighted by atomic mass is 10.1. The molecule has 0 unspecified atom stereocenters. The average molecular weight is 687 g/mol. The standard InChI is InChI=1S/C44H63ClN2O2/c1-3-5-7-9-11-13-15-17-19-21-33-48-41-28-23-38(24-29-41)36-46-40-27-32-44(43(45)35-40)47-37-39-25-30-42(31-26-39)49-34-22-20-18-16-14-12-10-8-6-4-2/h23-32,35-37H,3-22,33-34H2,1-2H3. The predicted octanol–water partition coefficient (Wildman–Crippen LogP) is 14.4. The van der Waals surface area contributed by atoms with E-state index in [0.717, 1.165) is 54.4 Å². The van der Waals surface area contributed by atoms with Crippen molar-refractivity contribution in [1.29, 1.82) is 0 Å². The molecule has 3 aromatic rings. The highest BCUT2D eigenvalue weighted by atomic mass is 35.5. The highest BCUT2D eigenvalue weighted by Gasteiger charge is 2.02. The van der Waals surface area contributed by atoms with E-state index in [1.54, 1.807) is 0 Å². The van der Waals surface area contributed by atoms with Crippen LogP contribution in [0.25, 0.3) is 0 Å². The number of hydrogen-bond donors (Lipinski definition) is 0. The van der Waals surface area contributed by atoms with Crippen molar-refractivity contribution in [3.8, 4) is 11.5 Å². The van der Waals surface area contributed by atoms with E-state index in [1.807, 2.05) is 79.2 Å². The van der Waals surface area contributed by atoms with E-state index in [0.29, 0.717) is 10.7 Å². The largest absolute Gasteiger partial charge is 0.494 e. The van der Waals surface area contributed by atoms with Gasteiger partial charge in [-0.3, -0.25) is 9.98 Å². The molecule has 4 nitrogen and oxygen atoms in total. The first-order valence-corrected chi connectivity index (χ1v) is 19.9. The first kappa shape index (κ1) is 40.3. The van der Waals surface area contributed by atoms with Crippen LogP contribution in [0.4, 0.5) is 11.4 Å². The summed E-state index contributed by atoms with van der Waals surface area (Å²) in [6, 6.07) is 21.8. The number of hydrogen-bond acceptors (Lipinski definition) is 4. The monoisotopic (exact) mass is 686 g/mol. The van der Waals surface area contributed by atoms with Crippen LogP contribution in [0.5, 0.6) is 11.5 Å². The average Bonchev–Trinajstić information content (AvgIpc) is 3.12. The van der Waals surface area contributed by atoms with Gasteiger partial charge < -0.3 is 9.47 Å². The third-order valence-corrected chi connectivity index (χ3v) is 9.24. The van der Waals surface area contributed by atoms with Gasteiger partial charge in [0.15, 0.2) is 0 Å². The Balaban J connectivity index is 1.29. The summed E-state index contributed by atoms with van der Waals surface area (Å²) >= 11 is 6.55. The molecule has 3 rings (SSSR count). The summed E-state index contributed by atoms with van der Waals surface area (Å²) < 4.78 is 11.9. The van der Waals surface area contributed by atoms with Crippen molar-refractivity contribution >= 4 is 35.4 Å². The Morgan fingerprint density at radius 1 is 0.469 bits per heavy atom. The number of unbranched alkanes of at least 4 members (excludes halogenated alkanes) is 18. The van der Waals surface area contributed by atoms with Crippen molar-refractivity contribution in [2.75, 3.05) is 13.2 Å². The van der Waals surface area contributed by atoms with Gasteiger partial charge in [-0.05, 0) is 90.7 Å². The Hall–Kier alpha value is -3.11. The fraction of sp³-hybridized carbons (Fsp3) is 0.545. The number of nitrogens with zero attached hydrogens (tertiary/aromatic N) is 2. The molecule has 0 saturated heterocycles. The number of benzene rings is 3. The van der Waals surface area contributed by atoms with E-state index in [4.69, 9.17) is 21.1 Å². The molecule has 3 aromatic carbocycles. The molecular weight excluding hydrogens is 624 g/mol. The third-order valence-electron chi connectivity index (χ3n) is 8.94. The number of rotatable bonds is 28. The maximum Gasteiger partial charge on any atom is 0.119 e. The minimum Gasteiger partial charge on any atom is -0.494 e. The van der Waals surface area contributed by atoms with Crippen molar-refractivity contribution in [3.05, 3.63) is 82.9 Å². The molecule has 5 heteroatoms. The molecule has 268 valence electrons. The fourth-order valence-corrected chi connectivity index (χ4v) is 6.06. The van der Waals surface area contributed by atoms with E-state index < -0.39 is 0 Å². The lowest BCUT2D eigenvalue weighted by molar-refractivity contribution is 0.304. The van der Waals surface area contributed by atoms with Crippen molar-refractivity contribution < 1.29 is 9.47 Å². The van der Waals surface area contributed by atoms with Crippen LogP contribution in [0.3, 0.4) is 0 Å². The number of halogens is 1. The van der Waals surface area contributed by atoms with E-state index in [9.17, 15) is 0 Å². The van der Waals surface area contributed by atoms with Crippen LogP contribution >= 0.6 is 11.6 Å². The molecular formula is C44H63ClN2O2. The van der Waals surface area contributed by atoms with Crippen molar-refractivity contribution in [2.45, 2.75) is 142 Å². The molecule has 0 bridgehead atoms. The Labute approximate surface area is 303 Å². The zero-order chi connectivity index (χ0) is 34.6. The second kappa shape index (κ2) is 26.7. The molecule has 0 radical (unpaired) electrons. The van der Waals surface area contributed by atoms with Crippen LogP contribution in [-0.4, -0.2) is 25.6 Å². The van der Waals surface area contributed by atoms with Gasteiger partial charge in [-0.15, -0.1) is 0 Å². The number of ether oxygens (including phenoxy) is 2. The van der Waals surface area contributed by atoms with Crippen molar-refractivity contribution in [2.24, 2.45) is 9.98 Å². The molecule has 0 aliphatic rings. The Bertz CT molecular complexity index is 1300. The van der Waals surface area contributed by atoms with Gasteiger partial charge in [0.05, 0.1) is 29.6 Å². The van der Waals surface area contributed by atoms with Gasteiger partial charge >= 0.3 is 0 Å². The normalized spacial score (nSPS) is 11.6. The Kier molecular flexibility index (Phi) is 22.0. The lowest BCUT2D eigenvalue weighted by Crippen LogP contribution is -1.97. The molecule has 0 N–H and O–H groups in total. The third kappa shape index (κ3) is 19.0. The Morgan fingerprint density at radius 2 is 0.857 bits per heavy atom. The van der Waals surface area contributed by atoms with Crippen LogP contribution in [0.2, 0.25) is 5.02 Å². The second-order valence-corrected chi connectivity index (χ2v) is 13.8. The molecule has 49 heavy (non-hydrogen) atoms. The second-order valence-electron chi connectivity index (χ2n) is 13.4. The van der Waals surface area contributed by atoms with Gasteiger partial charge in [0.1, 0.15) is 11.5 Å². The molecule has 0 heterocycles. The molecule has 0 amide bonds. The Morgan fingerprint density at radius 3 is 1.27 bits per heavy atom. The summed E-state index contributed by atoms with van der Waals surface area (Å²) in [4.78, 5) is 9.22. The SMILES string of the molecule is CCCCCCCCCCCCOc1ccc(C=Nc2ccc(N=Cc3ccc(OCCCCCCCCCCCC)cc3)c(Cl)c2)cc1. The van der Waals surface area contributed by atoms with Gasteiger partial charge in [-0.25, -0.2) is 0 Å². The molecule has 0 spiro atoms. The van der Waals surface area contributed by atoms with Crippen molar-refractivity contribution in [1.82, 2.24) is 0 Å². The van der Waals surface area contributed by atoms with E-state index in [2.05, 4.69) is 23.8 Å². The van der Waals surface area contributed by atoms with Gasteiger partial charge in [0, 0.05) is 12.4 Å².